The lowest BCUT2D eigenvalue weighted by molar-refractivity contribution is 0.109. The molecule has 0 aliphatic carbocycles. The van der Waals surface area contributed by atoms with Crippen LogP contribution in [0.2, 0.25) is 0 Å². The summed E-state index contributed by atoms with van der Waals surface area (Å²) in [5.41, 5.74) is 8.67. The topological polar surface area (TPSA) is 49.5 Å². The van der Waals surface area contributed by atoms with Gasteiger partial charge in [0.05, 0.1) is 6.10 Å². The van der Waals surface area contributed by atoms with Crippen LogP contribution in [-0.4, -0.2) is 23.1 Å². The summed E-state index contributed by atoms with van der Waals surface area (Å²) in [7, 11) is 0. The lowest BCUT2D eigenvalue weighted by Gasteiger charge is -2.25. The molecular formula is C18H24N2O. The monoisotopic (exact) mass is 284 g/mol. The molecule has 21 heavy (non-hydrogen) atoms. The van der Waals surface area contributed by atoms with Gasteiger partial charge < -0.3 is 10.8 Å². The Bertz CT molecular complexity index is 542. The van der Waals surface area contributed by atoms with Crippen molar-refractivity contribution in [3.05, 3.63) is 65.7 Å². The van der Waals surface area contributed by atoms with Gasteiger partial charge in [-0.3, -0.25) is 4.90 Å². The fourth-order valence-electron chi connectivity index (χ4n) is 2.55. The summed E-state index contributed by atoms with van der Waals surface area (Å²) in [6.45, 7) is 4.55. The highest BCUT2D eigenvalue weighted by Crippen LogP contribution is 2.21. The van der Waals surface area contributed by atoms with Crippen molar-refractivity contribution in [3.63, 3.8) is 0 Å². The van der Waals surface area contributed by atoms with Crippen molar-refractivity contribution in [2.24, 2.45) is 0 Å². The molecule has 3 heteroatoms. The molecule has 0 bridgehead atoms. The largest absolute Gasteiger partial charge is 0.398 e. The molecule has 0 amide bonds. The van der Waals surface area contributed by atoms with E-state index in [-0.39, 0.29) is 0 Å². The van der Waals surface area contributed by atoms with Crippen molar-refractivity contribution >= 4 is 5.69 Å². The average molecular weight is 284 g/mol. The Morgan fingerprint density at radius 2 is 1.71 bits per heavy atom. The van der Waals surface area contributed by atoms with Crippen molar-refractivity contribution in [2.75, 3.05) is 18.8 Å². The molecular weight excluding hydrogens is 260 g/mol. The zero-order valence-corrected chi connectivity index (χ0v) is 12.6. The SMILES string of the molecule is CCCN(Cc1ccccc1)CC(O)c1ccccc1N. The number of benzene rings is 2. The molecule has 2 aromatic rings. The summed E-state index contributed by atoms with van der Waals surface area (Å²) in [5.74, 6) is 0. The molecule has 0 aliphatic heterocycles. The van der Waals surface area contributed by atoms with Gasteiger partial charge in [0.15, 0.2) is 0 Å². The van der Waals surface area contributed by atoms with Gasteiger partial charge in [-0.2, -0.15) is 0 Å². The van der Waals surface area contributed by atoms with Crippen LogP contribution >= 0.6 is 0 Å². The van der Waals surface area contributed by atoms with Gasteiger partial charge in [-0.05, 0) is 24.6 Å². The van der Waals surface area contributed by atoms with E-state index in [0.717, 1.165) is 25.1 Å². The number of anilines is 1. The van der Waals surface area contributed by atoms with Gasteiger partial charge in [-0.1, -0.05) is 55.5 Å². The Kier molecular flexibility index (Phi) is 5.78. The number of rotatable bonds is 7. The number of nitrogens with zero attached hydrogens (tertiary/aromatic N) is 1. The number of nitrogen functional groups attached to an aromatic ring is 1. The number of aliphatic hydroxyl groups excluding tert-OH is 1. The fraction of sp³-hybridized carbons (Fsp3) is 0.333. The maximum atomic E-state index is 10.5. The Morgan fingerprint density at radius 1 is 1.05 bits per heavy atom. The van der Waals surface area contributed by atoms with E-state index in [0.29, 0.717) is 12.2 Å². The average Bonchev–Trinajstić information content (AvgIpc) is 2.49. The summed E-state index contributed by atoms with van der Waals surface area (Å²) < 4.78 is 0. The van der Waals surface area contributed by atoms with Gasteiger partial charge in [-0.15, -0.1) is 0 Å². The highest BCUT2D eigenvalue weighted by Gasteiger charge is 2.15. The van der Waals surface area contributed by atoms with Crippen LogP contribution in [0.25, 0.3) is 0 Å². The van der Waals surface area contributed by atoms with Gasteiger partial charge in [-0.25, -0.2) is 0 Å². The summed E-state index contributed by atoms with van der Waals surface area (Å²) >= 11 is 0. The van der Waals surface area contributed by atoms with Crippen LogP contribution in [0.4, 0.5) is 5.69 Å². The standard InChI is InChI=1S/C18H24N2O/c1-2-12-20(13-15-8-4-3-5-9-15)14-18(21)16-10-6-7-11-17(16)19/h3-11,18,21H,2,12-14,19H2,1H3. The van der Waals surface area contributed by atoms with Gasteiger partial charge in [0.2, 0.25) is 0 Å². The molecule has 3 N–H and O–H groups in total. The van der Waals surface area contributed by atoms with Crippen molar-refractivity contribution < 1.29 is 5.11 Å². The van der Waals surface area contributed by atoms with E-state index in [1.807, 2.05) is 42.5 Å². The fourth-order valence-corrected chi connectivity index (χ4v) is 2.55. The first kappa shape index (κ1) is 15.5. The normalized spacial score (nSPS) is 12.5. The van der Waals surface area contributed by atoms with Crippen LogP contribution < -0.4 is 5.73 Å². The summed E-state index contributed by atoms with van der Waals surface area (Å²) in [4.78, 5) is 2.27. The summed E-state index contributed by atoms with van der Waals surface area (Å²) in [6, 6.07) is 17.9. The molecule has 0 fully saturated rings. The third-order valence-corrected chi connectivity index (χ3v) is 3.57. The molecule has 112 valence electrons. The molecule has 0 spiro atoms. The summed E-state index contributed by atoms with van der Waals surface area (Å²) in [5, 5.41) is 10.5. The Hall–Kier alpha value is -1.84. The van der Waals surface area contributed by atoms with Crippen molar-refractivity contribution in [3.8, 4) is 0 Å². The van der Waals surface area contributed by atoms with Crippen molar-refractivity contribution in [2.45, 2.75) is 26.0 Å². The van der Waals surface area contributed by atoms with E-state index in [9.17, 15) is 5.11 Å². The number of hydrogen-bond acceptors (Lipinski definition) is 3. The molecule has 3 nitrogen and oxygen atoms in total. The van der Waals surface area contributed by atoms with Crippen LogP contribution in [0.1, 0.15) is 30.6 Å². The number of para-hydroxylation sites is 1. The molecule has 0 saturated carbocycles. The second-order valence-corrected chi connectivity index (χ2v) is 5.37. The van der Waals surface area contributed by atoms with Crippen molar-refractivity contribution in [1.29, 1.82) is 0 Å². The van der Waals surface area contributed by atoms with Gasteiger partial charge >= 0.3 is 0 Å². The molecule has 1 atom stereocenters. The molecule has 0 heterocycles. The maximum absolute atomic E-state index is 10.5. The van der Waals surface area contributed by atoms with E-state index in [2.05, 4.69) is 24.0 Å². The highest BCUT2D eigenvalue weighted by molar-refractivity contribution is 5.47. The minimum atomic E-state index is -0.554. The van der Waals surface area contributed by atoms with Crippen molar-refractivity contribution in [1.82, 2.24) is 4.90 Å². The molecule has 2 aromatic carbocycles. The first-order valence-electron chi connectivity index (χ1n) is 7.49. The van der Waals surface area contributed by atoms with Gasteiger partial charge in [0.25, 0.3) is 0 Å². The molecule has 0 radical (unpaired) electrons. The predicted molar refractivity (Wildman–Crippen MR) is 87.8 cm³/mol. The zero-order chi connectivity index (χ0) is 15.1. The van der Waals surface area contributed by atoms with Gasteiger partial charge in [0.1, 0.15) is 0 Å². The lowest BCUT2D eigenvalue weighted by Crippen LogP contribution is -2.29. The smallest absolute Gasteiger partial charge is 0.0936 e. The van der Waals surface area contributed by atoms with E-state index in [1.54, 1.807) is 0 Å². The number of nitrogens with two attached hydrogens (primary N) is 1. The maximum Gasteiger partial charge on any atom is 0.0936 e. The van der Waals surface area contributed by atoms with Crippen LogP contribution in [0.3, 0.4) is 0 Å². The highest BCUT2D eigenvalue weighted by atomic mass is 16.3. The van der Waals surface area contributed by atoms with Crippen LogP contribution in [0, 0.1) is 0 Å². The Labute approximate surface area is 127 Å². The van der Waals surface area contributed by atoms with E-state index >= 15 is 0 Å². The minimum Gasteiger partial charge on any atom is -0.398 e. The van der Waals surface area contributed by atoms with Crippen LogP contribution in [0.5, 0.6) is 0 Å². The third kappa shape index (κ3) is 4.59. The molecule has 0 aliphatic rings. The second-order valence-electron chi connectivity index (χ2n) is 5.37. The lowest BCUT2D eigenvalue weighted by atomic mass is 10.1. The van der Waals surface area contributed by atoms with E-state index in [1.165, 1.54) is 5.56 Å². The first-order valence-corrected chi connectivity index (χ1v) is 7.49. The molecule has 2 rings (SSSR count). The van der Waals surface area contributed by atoms with E-state index in [4.69, 9.17) is 5.73 Å². The molecule has 1 unspecified atom stereocenters. The Balaban J connectivity index is 2.04. The number of aliphatic hydroxyl groups is 1. The third-order valence-electron chi connectivity index (χ3n) is 3.57. The zero-order valence-electron chi connectivity index (χ0n) is 12.6. The molecule has 0 saturated heterocycles. The van der Waals surface area contributed by atoms with Crippen LogP contribution in [-0.2, 0) is 6.54 Å². The molecule has 0 aromatic heterocycles. The predicted octanol–water partition coefficient (Wildman–Crippen LogP) is 3.21. The number of hydrogen-bond donors (Lipinski definition) is 2. The van der Waals surface area contributed by atoms with Gasteiger partial charge in [0, 0.05) is 24.3 Å². The quantitative estimate of drug-likeness (QED) is 0.768. The summed E-state index contributed by atoms with van der Waals surface area (Å²) in [6.07, 6.45) is 0.505. The first-order chi connectivity index (χ1) is 10.2. The van der Waals surface area contributed by atoms with Crippen LogP contribution in [0.15, 0.2) is 54.6 Å². The second kappa shape index (κ2) is 7.81. The Morgan fingerprint density at radius 3 is 2.38 bits per heavy atom. The minimum absolute atomic E-state index is 0.554. The van der Waals surface area contributed by atoms with E-state index < -0.39 is 6.10 Å².